The molecule has 0 radical (unpaired) electrons. The number of hydrogen-bond acceptors (Lipinski definition) is 3. The Balaban J connectivity index is 1.73. The lowest BCUT2D eigenvalue weighted by Crippen LogP contribution is -2.46. The second-order valence-electron chi connectivity index (χ2n) is 5.82. The maximum Gasteiger partial charge on any atom is 0.277 e. The highest BCUT2D eigenvalue weighted by Gasteiger charge is 2.31. The van der Waals surface area contributed by atoms with Crippen LogP contribution >= 0.6 is 0 Å². The second kappa shape index (κ2) is 5.90. The Bertz CT molecular complexity index is 950. The van der Waals surface area contributed by atoms with Crippen LogP contribution in [0.1, 0.15) is 10.5 Å². The van der Waals surface area contributed by atoms with Gasteiger partial charge in [0.1, 0.15) is 12.2 Å². The van der Waals surface area contributed by atoms with E-state index in [2.05, 4.69) is 4.98 Å². The number of para-hydroxylation sites is 2. The van der Waals surface area contributed by atoms with E-state index < -0.39 is 0 Å². The van der Waals surface area contributed by atoms with E-state index >= 15 is 0 Å². The number of carbonyl (C=O) groups is 2. The lowest BCUT2D eigenvalue weighted by molar-refractivity contribution is -0.117. The van der Waals surface area contributed by atoms with E-state index in [1.54, 1.807) is 24.2 Å². The number of aromatic nitrogens is 2. The minimum atomic E-state index is -0.289. The van der Waals surface area contributed by atoms with Gasteiger partial charge < -0.3 is 9.47 Å². The topological polar surface area (TPSA) is 58.4 Å². The molecular formula is C19H16N4O2. The molecule has 3 heterocycles. The molecule has 2 aromatic heterocycles. The molecule has 6 heteroatoms. The van der Waals surface area contributed by atoms with E-state index in [4.69, 9.17) is 0 Å². The van der Waals surface area contributed by atoms with Crippen molar-refractivity contribution in [2.45, 2.75) is 0 Å². The molecule has 2 amide bonds. The molecule has 4 rings (SSSR count). The molecule has 1 aliphatic rings. The van der Waals surface area contributed by atoms with E-state index in [1.807, 2.05) is 59.4 Å². The molecule has 6 nitrogen and oxygen atoms in total. The molecule has 0 saturated carbocycles. The predicted molar refractivity (Wildman–Crippen MR) is 95.1 cm³/mol. The van der Waals surface area contributed by atoms with Crippen LogP contribution in [-0.2, 0) is 4.79 Å². The van der Waals surface area contributed by atoms with Crippen LogP contribution in [0.4, 0.5) is 11.4 Å². The Morgan fingerprint density at radius 3 is 2.52 bits per heavy atom. The smallest absolute Gasteiger partial charge is 0.277 e. The summed E-state index contributed by atoms with van der Waals surface area (Å²) in [5.41, 5.74) is 2.58. The number of pyridine rings is 1. The minimum absolute atomic E-state index is 0.00176. The second-order valence-corrected chi connectivity index (χ2v) is 5.82. The van der Waals surface area contributed by atoms with Crippen LogP contribution in [0.3, 0.4) is 0 Å². The molecule has 0 fully saturated rings. The molecule has 0 atom stereocenters. The number of carbonyl (C=O) groups excluding carboxylic acids is 2. The van der Waals surface area contributed by atoms with E-state index in [9.17, 15) is 9.59 Å². The van der Waals surface area contributed by atoms with Gasteiger partial charge in [-0.2, -0.15) is 0 Å². The fourth-order valence-corrected chi connectivity index (χ4v) is 2.96. The first-order chi connectivity index (χ1) is 12.1. The summed E-state index contributed by atoms with van der Waals surface area (Å²) in [6.07, 6.45) is 5.41. The van der Waals surface area contributed by atoms with Crippen LogP contribution in [0, 0.1) is 0 Å². The SMILES string of the molecule is CN1C(=O)CN(C(=O)c2cc(-n3cccc3)ccn2)c2ccccc21. The maximum atomic E-state index is 13.0. The van der Waals surface area contributed by atoms with Gasteiger partial charge in [0.2, 0.25) is 5.91 Å². The van der Waals surface area contributed by atoms with Crippen molar-refractivity contribution in [3.05, 3.63) is 72.8 Å². The third-order valence-corrected chi connectivity index (χ3v) is 4.31. The molecule has 124 valence electrons. The Hall–Kier alpha value is -3.41. The molecule has 0 aliphatic carbocycles. The highest BCUT2D eigenvalue weighted by molar-refractivity contribution is 6.15. The third kappa shape index (κ3) is 2.57. The summed E-state index contributed by atoms with van der Waals surface area (Å²) in [5.74, 6) is -0.420. The lowest BCUT2D eigenvalue weighted by Gasteiger charge is -2.33. The molecule has 3 aromatic rings. The third-order valence-electron chi connectivity index (χ3n) is 4.31. The monoisotopic (exact) mass is 332 g/mol. The Morgan fingerprint density at radius 2 is 1.76 bits per heavy atom. The molecule has 25 heavy (non-hydrogen) atoms. The number of amides is 2. The standard InChI is InChI=1S/C19H16N4O2/c1-21-16-6-2-3-7-17(16)23(13-18(21)24)19(25)15-12-14(8-9-20-15)22-10-4-5-11-22/h2-12H,13H2,1H3. The largest absolute Gasteiger partial charge is 0.324 e. The number of fused-ring (bicyclic) bond motifs is 1. The highest BCUT2D eigenvalue weighted by Crippen LogP contribution is 2.33. The van der Waals surface area contributed by atoms with Gasteiger partial charge in [-0.1, -0.05) is 12.1 Å². The van der Waals surface area contributed by atoms with Crippen LogP contribution in [0.5, 0.6) is 0 Å². The van der Waals surface area contributed by atoms with Crippen molar-refractivity contribution in [2.75, 3.05) is 23.4 Å². The number of nitrogens with zero attached hydrogens (tertiary/aromatic N) is 4. The fraction of sp³-hybridized carbons (Fsp3) is 0.105. The molecule has 0 N–H and O–H groups in total. The van der Waals surface area contributed by atoms with Gasteiger partial charge >= 0.3 is 0 Å². The number of anilines is 2. The number of hydrogen-bond donors (Lipinski definition) is 0. The zero-order valence-corrected chi connectivity index (χ0v) is 13.7. The van der Waals surface area contributed by atoms with Crippen LogP contribution < -0.4 is 9.80 Å². The first-order valence-electron chi connectivity index (χ1n) is 7.92. The molecule has 0 spiro atoms. The van der Waals surface area contributed by atoms with Crippen LogP contribution in [-0.4, -0.2) is 35.0 Å². The van der Waals surface area contributed by atoms with Crippen molar-refractivity contribution in [2.24, 2.45) is 0 Å². The van der Waals surface area contributed by atoms with Gasteiger partial charge in [-0.25, -0.2) is 0 Å². The van der Waals surface area contributed by atoms with Crippen LogP contribution in [0.25, 0.3) is 5.69 Å². The van der Waals surface area contributed by atoms with Crippen molar-refractivity contribution < 1.29 is 9.59 Å². The minimum Gasteiger partial charge on any atom is -0.324 e. The van der Waals surface area contributed by atoms with Gasteiger partial charge in [-0.05, 0) is 36.4 Å². The summed E-state index contributed by atoms with van der Waals surface area (Å²) in [7, 11) is 1.72. The van der Waals surface area contributed by atoms with Gasteiger partial charge in [-0.3, -0.25) is 19.5 Å². The molecule has 1 aromatic carbocycles. The summed E-state index contributed by atoms with van der Waals surface area (Å²) < 4.78 is 1.90. The highest BCUT2D eigenvalue weighted by atomic mass is 16.2. The van der Waals surface area contributed by atoms with E-state index in [0.29, 0.717) is 17.1 Å². The van der Waals surface area contributed by atoms with Gasteiger partial charge in [0.15, 0.2) is 0 Å². The average molecular weight is 332 g/mol. The van der Waals surface area contributed by atoms with Crippen molar-refractivity contribution in [1.82, 2.24) is 9.55 Å². The molecular weight excluding hydrogens is 316 g/mol. The quantitative estimate of drug-likeness (QED) is 0.724. The summed E-state index contributed by atoms with van der Waals surface area (Å²) >= 11 is 0. The van der Waals surface area contributed by atoms with Crippen molar-refractivity contribution in [3.63, 3.8) is 0 Å². The molecule has 0 bridgehead atoms. The molecule has 0 saturated heterocycles. The lowest BCUT2D eigenvalue weighted by atomic mass is 10.1. The summed E-state index contributed by atoms with van der Waals surface area (Å²) in [6, 6.07) is 14.8. The fourth-order valence-electron chi connectivity index (χ4n) is 2.96. The van der Waals surface area contributed by atoms with Gasteiger partial charge in [0, 0.05) is 31.3 Å². The van der Waals surface area contributed by atoms with Gasteiger partial charge in [-0.15, -0.1) is 0 Å². The van der Waals surface area contributed by atoms with E-state index in [0.717, 1.165) is 5.69 Å². The number of benzene rings is 1. The van der Waals surface area contributed by atoms with Crippen molar-refractivity contribution in [3.8, 4) is 5.69 Å². The van der Waals surface area contributed by atoms with Gasteiger partial charge in [0.05, 0.1) is 11.4 Å². The normalized spacial score (nSPS) is 13.7. The van der Waals surface area contributed by atoms with E-state index in [1.165, 1.54) is 4.90 Å². The number of rotatable bonds is 2. The Labute approximate surface area is 144 Å². The van der Waals surface area contributed by atoms with Gasteiger partial charge in [0.25, 0.3) is 5.91 Å². The summed E-state index contributed by atoms with van der Waals surface area (Å²) in [4.78, 5) is 32.6. The van der Waals surface area contributed by atoms with E-state index in [-0.39, 0.29) is 18.4 Å². The zero-order chi connectivity index (χ0) is 17.4. The summed E-state index contributed by atoms with van der Waals surface area (Å²) in [6.45, 7) is 0.00176. The average Bonchev–Trinajstić information content (AvgIpc) is 3.19. The zero-order valence-electron chi connectivity index (χ0n) is 13.7. The Kier molecular flexibility index (Phi) is 3.57. The summed E-state index contributed by atoms with van der Waals surface area (Å²) in [5, 5.41) is 0. The first kappa shape index (κ1) is 15.1. The number of likely N-dealkylation sites (N-methyl/N-ethyl adjacent to an activating group) is 1. The predicted octanol–water partition coefficient (Wildman–Crippen LogP) is 2.50. The van der Waals surface area contributed by atoms with Crippen LogP contribution in [0.15, 0.2) is 67.1 Å². The maximum absolute atomic E-state index is 13.0. The molecule has 1 aliphatic heterocycles. The molecule has 0 unspecified atom stereocenters. The van der Waals surface area contributed by atoms with Crippen molar-refractivity contribution in [1.29, 1.82) is 0 Å². The van der Waals surface area contributed by atoms with Crippen molar-refractivity contribution >= 4 is 23.2 Å². The van der Waals surface area contributed by atoms with Crippen LogP contribution in [0.2, 0.25) is 0 Å². The Morgan fingerprint density at radius 1 is 1.04 bits per heavy atom. The first-order valence-corrected chi connectivity index (χ1v) is 7.92.